The molecule has 1 aromatic heterocycles. The molecule has 4 N–H and O–H groups in total. The average Bonchev–Trinajstić information content (AvgIpc) is 3.13. The topological polar surface area (TPSA) is 126 Å². The number of methoxy groups -OCH3 is 1. The van der Waals surface area contributed by atoms with E-state index in [0.29, 0.717) is 38.0 Å². The highest BCUT2D eigenvalue weighted by atomic mass is 16.5. The first kappa shape index (κ1) is 21.6. The van der Waals surface area contributed by atoms with Crippen LogP contribution in [0.5, 0.6) is 5.75 Å². The molecule has 0 bridgehead atoms. The number of aryl methyl sites for hydroxylation is 1. The lowest BCUT2D eigenvalue weighted by molar-refractivity contribution is 0.0952. The third-order valence-electron chi connectivity index (χ3n) is 4.68. The molecule has 10 heteroatoms. The summed E-state index contributed by atoms with van der Waals surface area (Å²) < 4.78 is 7.03. The Bertz CT molecular complexity index is 881. The van der Waals surface area contributed by atoms with Crippen molar-refractivity contribution in [2.75, 3.05) is 26.7 Å². The zero-order valence-electron chi connectivity index (χ0n) is 17.4. The maximum Gasteiger partial charge on any atom is 0.255 e. The summed E-state index contributed by atoms with van der Waals surface area (Å²) in [6.45, 7) is 4.63. The molecule has 3 rings (SSSR count). The van der Waals surface area contributed by atoms with Crippen molar-refractivity contribution >= 4 is 11.9 Å². The van der Waals surface area contributed by atoms with Crippen molar-refractivity contribution in [2.24, 2.45) is 4.99 Å². The summed E-state index contributed by atoms with van der Waals surface area (Å²) >= 11 is 0. The minimum absolute atomic E-state index is 0.0352. The summed E-state index contributed by atoms with van der Waals surface area (Å²) in [5.41, 5.74) is 0.255. The highest BCUT2D eigenvalue weighted by Gasteiger charge is 2.22. The smallest absolute Gasteiger partial charge is 0.255 e. The number of nitrogens with zero attached hydrogens (tertiary/aromatic N) is 4. The van der Waals surface area contributed by atoms with E-state index >= 15 is 0 Å². The Morgan fingerprint density at radius 2 is 2.20 bits per heavy atom. The van der Waals surface area contributed by atoms with Crippen LogP contribution in [0.4, 0.5) is 0 Å². The van der Waals surface area contributed by atoms with E-state index in [2.05, 4.69) is 31.0 Å². The van der Waals surface area contributed by atoms with E-state index in [1.807, 2.05) is 11.6 Å². The standard InChI is InChI=1S/C20H29N7O3/c1-3-21-20(23-11-10-22-19(29)15-6-4-5-7-16(15)28)24-14-8-9-18-25-17(13-30-2)26-27(18)12-14/h4-7,14,28H,3,8-13H2,1-2H3,(H,22,29)(H2,21,23,24). The van der Waals surface area contributed by atoms with Gasteiger partial charge in [0.1, 0.15) is 18.2 Å². The molecule has 2 heterocycles. The Morgan fingerprint density at radius 1 is 1.37 bits per heavy atom. The summed E-state index contributed by atoms with van der Waals surface area (Å²) in [6.07, 6.45) is 1.77. The lowest BCUT2D eigenvalue weighted by Gasteiger charge is -2.25. The first-order chi connectivity index (χ1) is 14.6. The summed E-state index contributed by atoms with van der Waals surface area (Å²) in [7, 11) is 1.63. The third-order valence-corrected chi connectivity index (χ3v) is 4.68. The molecule has 0 aliphatic carbocycles. The van der Waals surface area contributed by atoms with Gasteiger partial charge < -0.3 is 25.8 Å². The van der Waals surface area contributed by atoms with Gasteiger partial charge in [-0.3, -0.25) is 9.79 Å². The highest BCUT2D eigenvalue weighted by molar-refractivity contribution is 5.96. The number of phenolic OH excluding ortho intramolecular Hbond substituents is 1. The number of aliphatic imine (C=N–C) groups is 1. The van der Waals surface area contributed by atoms with Gasteiger partial charge in [0.05, 0.1) is 18.7 Å². The van der Waals surface area contributed by atoms with Gasteiger partial charge in [-0.25, -0.2) is 9.67 Å². The van der Waals surface area contributed by atoms with Crippen molar-refractivity contribution in [3.8, 4) is 5.75 Å². The number of phenols is 1. The number of amides is 1. The Kier molecular flexibility index (Phi) is 7.61. The molecule has 10 nitrogen and oxygen atoms in total. The number of aromatic hydroxyl groups is 1. The minimum atomic E-state index is -0.320. The number of fused-ring (bicyclic) bond motifs is 1. The first-order valence-corrected chi connectivity index (χ1v) is 10.1. The van der Waals surface area contributed by atoms with Gasteiger partial charge in [-0.1, -0.05) is 12.1 Å². The maximum atomic E-state index is 12.1. The van der Waals surface area contributed by atoms with Crippen LogP contribution in [-0.2, 0) is 24.3 Å². The molecule has 0 saturated carbocycles. The number of hydrogen-bond donors (Lipinski definition) is 4. The van der Waals surface area contributed by atoms with Gasteiger partial charge >= 0.3 is 0 Å². The van der Waals surface area contributed by atoms with Gasteiger partial charge in [0.15, 0.2) is 11.8 Å². The van der Waals surface area contributed by atoms with Gasteiger partial charge in [0, 0.05) is 32.7 Å². The quantitative estimate of drug-likeness (QED) is 0.280. The predicted molar refractivity (Wildman–Crippen MR) is 112 cm³/mol. The molecule has 30 heavy (non-hydrogen) atoms. The van der Waals surface area contributed by atoms with Crippen LogP contribution in [0.1, 0.15) is 35.4 Å². The van der Waals surface area contributed by atoms with Crippen LogP contribution in [0, 0.1) is 0 Å². The number of rotatable bonds is 8. The van der Waals surface area contributed by atoms with Crippen LogP contribution >= 0.6 is 0 Å². The Balaban J connectivity index is 1.51. The van der Waals surface area contributed by atoms with Crippen molar-refractivity contribution in [2.45, 2.75) is 39.0 Å². The van der Waals surface area contributed by atoms with Crippen molar-refractivity contribution in [3.05, 3.63) is 41.5 Å². The fourth-order valence-electron chi connectivity index (χ4n) is 3.28. The SMILES string of the molecule is CCNC(=NCCNC(=O)c1ccccc1O)NC1CCc2nc(COC)nn2C1. The molecule has 162 valence electrons. The zero-order chi connectivity index (χ0) is 21.3. The van der Waals surface area contributed by atoms with Crippen molar-refractivity contribution in [3.63, 3.8) is 0 Å². The van der Waals surface area contributed by atoms with Gasteiger partial charge in [0.2, 0.25) is 0 Å². The summed E-state index contributed by atoms with van der Waals surface area (Å²) in [6, 6.07) is 6.64. The number of hydrogen-bond acceptors (Lipinski definition) is 6. The van der Waals surface area contributed by atoms with Gasteiger partial charge in [-0.2, -0.15) is 5.10 Å². The van der Waals surface area contributed by atoms with E-state index < -0.39 is 0 Å². The lowest BCUT2D eigenvalue weighted by atomic mass is 10.1. The second-order valence-corrected chi connectivity index (χ2v) is 6.97. The van der Waals surface area contributed by atoms with Crippen molar-refractivity contribution < 1.29 is 14.6 Å². The zero-order valence-corrected chi connectivity index (χ0v) is 17.4. The number of ether oxygens (including phenoxy) is 1. The number of carbonyl (C=O) groups excluding carboxylic acids is 1. The van der Waals surface area contributed by atoms with E-state index in [0.717, 1.165) is 25.2 Å². The molecule has 1 aliphatic heterocycles. The summed E-state index contributed by atoms with van der Waals surface area (Å²) in [5.74, 6) is 2.02. The number of guanidine groups is 1. The molecule has 1 atom stereocenters. The summed E-state index contributed by atoms with van der Waals surface area (Å²) in [5, 5.41) is 23.7. The molecule has 0 fully saturated rings. The average molecular weight is 415 g/mol. The van der Waals surface area contributed by atoms with Crippen molar-refractivity contribution in [1.82, 2.24) is 30.7 Å². The van der Waals surface area contributed by atoms with Crippen LogP contribution in [0.3, 0.4) is 0 Å². The summed E-state index contributed by atoms with van der Waals surface area (Å²) in [4.78, 5) is 21.2. The van der Waals surface area contributed by atoms with E-state index in [1.54, 1.807) is 25.3 Å². The molecular weight excluding hydrogens is 386 g/mol. The molecule has 0 saturated heterocycles. The van der Waals surface area contributed by atoms with E-state index in [9.17, 15) is 9.90 Å². The first-order valence-electron chi connectivity index (χ1n) is 10.1. The Hall–Kier alpha value is -3.14. The van der Waals surface area contributed by atoms with Crippen LogP contribution in [-0.4, -0.2) is 64.5 Å². The largest absolute Gasteiger partial charge is 0.507 e. The van der Waals surface area contributed by atoms with Crippen molar-refractivity contribution in [1.29, 1.82) is 0 Å². The monoisotopic (exact) mass is 415 g/mol. The molecule has 1 amide bonds. The van der Waals surface area contributed by atoms with Crippen LogP contribution in [0.15, 0.2) is 29.3 Å². The molecule has 0 radical (unpaired) electrons. The molecule has 0 spiro atoms. The van der Waals surface area contributed by atoms with Gasteiger partial charge in [-0.05, 0) is 25.5 Å². The number of nitrogens with one attached hydrogen (secondary N) is 3. The second kappa shape index (κ2) is 10.6. The normalized spacial score (nSPS) is 16.1. The van der Waals surface area contributed by atoms with Gasteiger partial charge in [-0.15, -0.1) is 0 Å². The fourth-order valence-corrected chi connectivity index (χ4v) is 3.28. The Labute approximate surface area is 175 Å². The fraction of sp³-hybridized carbons (Fsp3) is 0.500. The van der Waals surface area contributed by atoms with Crippen LogP contribution < -0.4 is 16.0 Å². The minimum Gasteiger partial charge on any atom is -0.507 e. The predicted octanol–water partition coefficient (Wildman–Crippen LogP) is 0.430. The number of aromatic nitrogens is 3. The number of benzene rings is 1. The molecule has 1 aromatic carbocycles. The third kappa shape index (κ3) is 5.69. The van der Waals surface area contributed by atoms with E-state index in [-0.39, 0.29) is 23.3 Å². The Morgan fingerprint density at radius 3 is 2.97 bits per heavy atom. The van der Waals surface area contributed by atoms with Crippen LogP contribution in [0.2, 0.25) is 0 Å². The van der Waals surface area contributed by atoms with E-state index in [1.165, 1.54) is 6.07 Å². The molecular formula is C20H29N7O3. The maximum absolute atomic E-state index is 12.1. The van der Waals surface area contributed by atoms with Crippen LogP contribution in [0.25, 0.3) is 0 Å². The second-order valence-electron chi connectivity index (χ2n) is 6.97. The number of para-hydroxylation sites is 1. The lowest BCUT2D eigenvalue weighted by Crippen LogP contribution is -2.47. The number of carbonyl (C=O) groups is 1. The molecule has 1 unspecified atom stereocenters. The highest BCUT2D eigenvalue weighted by Crippen LogP contribution is 2.15. The molecule has 2 aromatic rings. The van der Waals surface area contributed by atoms with E-state index in [4.69, 9.17) is 4.74 Å². The molecule has 1 aliphatic rings. The van der Waals surface area contributed by atoms with Gasteiger partial charge in [0.25, 0.3) is 5.91 Å².